The van der Waals surface area contributed by atoms with Crippen LogP contribution in [0.3, 0.4) is 0 Å². The summed E-state index contributed by atoms with van der Waals surface area (Å²) in [5.74, 6) is 0.267. The maximum atomic E-state index is 13.3. The Labute approximate surface area is 349 Å². The van der Waals surface area contributed by atoms with Gasteiger partial charge in [0.05, 0.1) is 19.8 Å². The molecule has 6 heteroatoms. The van der Waals surface area contributed by atoms with Crippen LogP contribution in [0.4, 0.5) is 0 Å². The number of ether oxygens (including phenoxy) is 2. The van der Waals surface area contributed by atoms with Crippen LogP contribution in [-0.2, 0) is 19.1 Å². The van der Waals surface area contributed by atoms with Crippen molar-refractivity contribution in [3.63, 3.8) is 0 Å². The van der Waals surface area contributed by atoms with Crippen LogP contribution in [0.25, 0.3) is 0 Å². The third-order valence-corrected chi connectivity index (χ3v) is 12.6. The maximum absolute atomic E-state index is 13.3. The number of hydrogen-bond donors (Lipinski definition) is 1. The minimum atomic E-state index is -0.103. The van der Waals surface area contributed by atoms with E-state index in [1.54, 1.807) is 0 Å². The normalized spacial score (nSPS) is 15.1. The third kappa shape index (κ3) is 32.8. The van der Waals surface area contributed by atoms with Crippen molar-refractivity contribution in [2.45, 2.75) is 264 Å². The van der Waals surface area contributed by atoms with E-state index in [4.69, 9.17) is 9.47 Å². The number of rotatable bonds is 40. The standard InChI is InChI=1S/C50H97NO5/c1-4-7-10-13-15-16-17-18-19-20-21-26-31-39-49(53)55-44-47(36-32-33-40-51(41-42-52)48-37-29-24-22-25-30-38-48)45-56-50(54)43-46(34-27-12-9-6-3)35-28-23-14-11-8-5-2/h46-48,52H,4-45H2,1-3H3. The summed E-state index contributed by atoms with van der Waals surface area (Å²) in [4.78, 5) is 28.6. The van der Waals surface area contributed by atoms with Crippen LogP contribution in [-0.4, -0.2) is 60.9 Å². The molecular formula is C50H97NO5. The van der Waals surface area contributed by atoms with Gasteiger partial charge in [0, 0.05) is 31.3 Å². The van der Waals surface area contributed by atoms with Crippen molar-refractivity contribution in [1.82, 2.24) is 4.90 Å². The van der Waals surface area contributed by atoms with E-state index in [-0.39, 0.29) is 24.5 Å². The molecule has 0 heterocycles. The van der Waals surface area contributed by atoms with Crippen molar-refractivity contribution in [2.75, 3.05) is 32.9 Å². The number of carbonyl (C=O) groups is 2. The molecule has 1 N–H and O–H groups in total. The fourth-order valence-electron chi connectivity index (χ4n) is 8.86. The molecule has 1 aliphatic rings. The van der Waals surface area contributed by atoms with Gasteiger partial charge in [0.15, 0.2) is 0 Å². The molecule has 0 aromatic rings. The van der Waals surface area contributed by atoms with Crippen LogP contribution in [0.5, 0.6) is 0 Å². The quantitative estimate of drug-likeness (QED) is 0.0492. The average Bonchev–Trinajstić information content (AvgIpc) is 3.18. The van der Waals surface area contributed by atoms with Gasteiger partial charge in [0.1, 0.15) is 0 Å². The van der Waals surface area contributed by atoms with E-state index >= 15 is 0 Å². The molecule has 1 aliphatic carbocycles. The Morgan fingerprint density at radius 2 is 0.911 bits per heavy atom. The first-order valence-electron chi connectivity index (χ1n) is 25.2. The zero-order chi connectivity index (χ0) is 40.6. The second-order valence-corrected chi connectivity index (χ2v) is 18.0. The Balaban J connectivity index is 2.58. The summed E-state index contributed by atoms with van der Waals surface area (Å²) in [6.07, 6.45) is 44.7. The highest BCUT2D eigenvalue weighted by Crippen LogP contribution is 2.25. The van der Waals surface area contributed by atoms with Crippen LogP contribution < -0.4 is 0 Å². The summed E-state index contributed by atoms with van der Waals surface area (Å²) in [6, 6.07) is 0.580. The van der Waals surface area contributed by atoms with E-state index in [9.17, 15) is 14.7 Å². The van der Waals surface area contributed by atoms with Gasteiger partial charge >= 0.3 is 11.9 Å². The van der Waals surface area contributed by atoms with Crippen LogP contribution in [0.15, 0.2) is 0 Å². The van der Waals surface area contributed by atoms with E-state index in [1.165, 1.54) is 180 Å². The third-order valence-electron chi connectivity index (χ3n) is 12.6. The predicted molar refractivity (Wildman–Crippen MR) is 239 cm³/mol. The molecule has 0 bridgehead atoms. The molecule has 332 valence electrons. The molecule has 6 nitrogen and oxygen atoms in total. The minimum absolute atomic E-state index is 0.0313. The van der Waals surface area contributed by atoms with Gasteiger partial charge < -0.3 is 14.6 Å². The van der Waals surface area contributed by atoms with Gasteiger partial charge in [0.25, 0.3) is 0 Å². The number of hydrogen-bond acceptors (Lipinski definition) is 6. The lowest BCUT2D eigenvalue weighted by Crippen LogP contribution is -2.38. The fourth-order valence-corrected chi connectivity index (χ4v) is 8.86. The summed E-state index contributed by atoms with van der Waals surface area (Å²) in [5.41, 5.74) is 0. The van der Waals surface area contributed by atoms with Crippen molar-refractivity contribution in [2.24, 2.45) is 11.8 Å². The number of aliphatic hydroxyl groups is 1. The monoisotopic (exact) mass is 792 g/mol. The molecule has 0 amide bonds. The lowest BCUT2D eigenvalue weighted by Gasteiger charge is -2.32. The topological polar surface area (TPSA) is 76.1 Å². The average molecular weight is 792 g/mol. The Bertz CT molecular complexity index is 843. The second-order valence-electron chi connectivity index (χ2n) is 18.0. The van der Waals surface area contributed by atoms with Crippen molar-refractivity contribution in [1.29, 1.82) is 0 Å². The largest absolute Gasteiger partial charge is 0.465 e. The first-order chi connectivity index (χ1) is 27.5. The maximum Gasteiger partial charge on any atom is 0.306 e. The molecule has 0 saturated heterocycles. The molecule has 2 atom stereocenters. The van der Waals surface area contributed by atoms with E-state index in [0.29, 0.717) is 38.0 Å². The van der Waals surface area contributed by atoms with Crippen LogP contribution >= 0.6 is 0 Å². The van der Waals surface area contributed by atoms with Crippen LogP contribution in [0.1, 0.15) is 258 Å². The lowest BCUT2D eigenvalue weighted by molar-refractivity contribution is -0.150. The molecule has 2 unspecified atom stereocenters. The first-order valence-corrected chi connectivity index (χ1v) is 25.2. The molecule has 1 rings (SSSR count). The van der Waals surface area contributed by atoms with E-state index in [0.717, 1.165) is 58.0 Å². The number of nitrogens with zero attached hydrogens (tertiary/aromatic N) is 1. The Morgan fingerprint density at radius 3 is 1.43 bits per heavy atom. The molecule has 0 aromatic carbocycles. The smallest absolute Gasteiger partial charge is 0.306 e. The molecule has 0 aliphatic heterocycles. The zero-order valence-corrected chi connectivity index (χ0v) is 38.0. The highest BCUT2D eigenvalue weighted by molar-refractivity contribution is 5.70. The SMILES string of the molecule is CCCCCCCCCCCCCCCC(=O)OCC(CCCCN(CCO)C1CCCCCCC1)COC(=O)CC(CCCCCC)CCCCCCCC. The molecule has 1 fully saturated rings. The fraction of sp³-hybridized carbons (Fsp3) is 0.960. The van der Waals surface area contributed by atoms with Crippen LogP contribution in [0, 0.1) is 11.8 Å². The number of carbonyl (C=O) groups excluding carboxylic acids is 2. The van der Waals surface area contributed by atoms with Crippen molar-refractivity contribution in [3.05, 3.63) is 0 Å². The van der Waals surface area contributed by atoms with Gasteiger partial charge in [-0.3, -0.25) is 14.5 Å². The number of unbranched alkanes of at least 4 members (excludes halogenated alkanes) is 21. The van der Waals surface area contributed by atoms with Crippen molar-refractivity contribution in [3.8, 4) is 0 Å². The predicted octanol–water partition coefficient (Wildman–Crippen LogP) is 14.5. The number of aliphatic hydroxyl groups excluding tert-OH is 1. The Hall–Kier alpha value is -1.14. The van der Waals surface area contributed by atoms with Crippen molar-refractivity contribution >= 4 is 11.9 Å². The van der Waals surface area contributed by atoms with Gasteiger partial charge in [-0.05, 0) is 57.4 Å². The van der Waals surface area contributed by atoms with Gasteiger partial charge in [-0.15, -0.1) is 0 Å². The molecule has 0 radical (unpaired) electrons. The molecule has 0 aromatic heterocycles. The highest BCUT2D eigenvalue weighted by Gasteiger charge is 2.21. The summed E-state index contributed by atoms with van der Waals surface area (Å²) in [7, 11) is 0. The summed E-state index contributed by atoms with van der Waals surface area (Å²) in [5, 5.41) is 9.84. The van der Waals surface area contributed by atoms with E-state index in [1.807, 2.05) is 0 Å². The van der Waals surface area contributed by atoms with Gasteiger partial charge in [-0.1, -0.05) is 201 Å². The summed E-state index contributed by atoms with van der Waals surface area (Å²) >= 11 is 0. The summed E-state index contributed by atoms with van der Waals surface area (Å²) in [6.45, 7) is 9.43. The molecule has 56 heavy (non-hydrogen) atoms. The summed E-state index contributed by atoms with van der Waals surface area (Å²) < 4.78 is 11.9. The lowest BCUT2D eigenvalue weighted by atomic mass is 9.91. The highest BCUT2D eigenvalue weighted by atomic mass is 16.5. The number of esters is 2. The Morgan fingerprint density at radius 1 is 0.500 bits per heavy atom. The van der Waals surface area contributed by atoms with E-state index < -0.39 is 0 Å². The molecule has 0 spiro atoms. The van der Waals surface area contributed by atoms with Crippen molar-refractivity contribution < 1.29 is 24.2 Å². The van der Waals surface area contributed by atoms with Gasteiger partial charge in [-0.2, -0.15) is 0 Å². The minimum Gasteiger partial charge on any atom is -0.465 e. The second kappa shape index (κ2) is 40.6. The zero-order valence-electron chi connectivity index (χ0n) is 38.0. The van der Waals surface area contributed by atoms with Crippen LogP contribution in [0.2, 0.25) is 0 Å². The van der Waals surface area contributed by atoms with Gasteiger partial charge in [-0.25, -0.2) is 0 Å². The first kappa shape index (κ1) is 52.9. The van der Waals surface area contributed by atoms with E-state index in [2.05, 4.69) is 25.7 Å². The Kier molecular flexibility index (Phi) is 38.4. The molecular weight excluding hydrogens is 695 g/mol. The van der Waals surface area contributed by atoms with Gasteiger partial charge in [0.2, 0.25) is 0 Å². The molecule has 1 saturated carbocycles.